The fraction of sp³-hybridized carbons (Fsp3) is 0.560. The second-order valence-corrected chi connectivity index (χ2v) is 10.0. The fourth-order valence-corrected chi connectivity index (χ4v) is 6.13. The van der Waals surface area contributed by atoms with Crippen LogP contribution in [0, 0.1) is 11.8 Å². The normalized spacial score (nSPS) is 28.3. The van der Waals surface area contributed by atoms with Crippen LogP contribution >= 0.6 is 0 Å². The Hall–Kier alpha value is -2.91. The number of nitrogens with zero attached hydrogens (tertiary/aromatic N) is 4. The number of fused-ring (bicyclic) bond motifs is 3. The summed E-state index contributed by atoms with van der Waals surface area (Å²) in [5, 5.41) is 14.5. The summed E-state index contributed by atoms with van der Waals surface area (Å²) in [5.41, 5.74) is -1.03. The highest BCUT2D eigenvalue weighted by atomic mass is 16.6. The van der Waals surface area contributed by atoms with E-state index in [1.807, 2.05) is 30.3 Å². The van der Waals surface area contributed by atoms with Gasteiger partial charge in [-0.3, -0.25) is 10.1 Å². The first-order valence-corrected chi connectivity index (χ1v) is 12.2. The molecule has 1 aliphatic carbocycles. The lowest BCUT2D eigenvalue weighted by Gasteiger charge is -2.51. The average Bonchev–Trinajstić information content (AvgIpc) is 3.40. The number of amides is 1. The van der Waals surface area contributed by atoms with E-state index < -0.39 is 11.6 Å². The van der Waals surface area contributed by atoms with Gasteiger partial charge in [0, 0.05) is 24.7 Å². The van der Waals surface area contributed by atoms with E-state index in [9.17, 15) is 14.7 Å². The number of anilines is 1. The molecule has 1 aromatic heterocycles. The third-order valence-corrected chi connectivity index (χ3v) is 7.99. The van der Waals surface area contributed by atoms with Crippen LogP contribution in [-0.4, -0.2) is 68.7 Å². The van der Waals surface area contributed by atoms with Gasteiger partial charge < -0.3 is 14.3 Å². The number of rotatable bonds is 7. The van der Waals surface area contributed by atoms with Crippen molar-refractivity contribution in [1.82, 2.24) is 15.0 Å². The standard InChI is InChI=1S/C25H31N5O4/c31-22(29-24-27-16-26-17-28-24)15-30-12-10-18(11-13-30)21(14-30)34-23(32)25(33,20-8-4-5-9-20)19-6-2-1-3-7-19/h1-3,6-7,16-18,20-21,33H,4-5,8-15H2/p+1/t18?,21-,25?,30?/m0/s1. The van der Waals surface area contributed by atoms with E-state index in [1.54, 1.807) is 0 Å². The average molecular weight is 467 g/mol. The van der Waals surface area contributed by atoms with Crippen LogP contribution in [0.15, 0.2) is 43.0 Å². The molecule has 1 amide bonds. The number of esters is 1. The van der Waals surface area contributed by atoms with Crippen molar-refractivity contribution in [3.8, 4) is 0 Å². The molecule has 4 fully saturated rings. The van der Waals surface area contributed by atoms with Crippen molar-refractivity contribution in [1.29, 1.82) is 0 Å². The number of piperidine rings is 3. The van der Waals surface area contributed by atoms with E-state index in [1.165, 1.54) is 12.7 Å². The number of nitrogens with one attached hydrogen (secondary N) is 1. The van der Waals surface area contributed by atoms with Crippen LogP contribution in [0.2, 0.25) is 0 Å². The molecule has 3 aliphatic heterocycles. The Kier molecular flexibility index (Phi) is 6.31. The molecule has 1 aromatic carbocycles. The van der Waals surface area contributed by atoms with E-state index >= 15 is 0 Å². The summed E-state index contributed by atoms with van der Waals surface area (Å²) in [4.78, 5) is 38.0. The molecule has 2 N–H and O–H groups in total. The van der Waals surface area contributed by atoms with Crippen molar-refractivity contribution >= 4 is 17.8 Å². The summed E-state index contributed by atoms with van der Waals surface area (Å²) in [6.45, 7) is 2.60. The molecule has 2 bridgehead atoms. The third-order valence-electron chi connectivity index (χ3n) is 7.99. The molecule has 180 valence electrons. The first-order chi connectivity index (χ1) is 16.5. The molecule has 0 spiro atoms. The maximum atomic E-state index is 13.6. The quantitative estimate of drug-likeness (QED) is 0.474. The molecule has 0 radical (unpaired) electrons. The molecule has 3 saturated heterocycles. The van der Waals surface area contributed by atoms with Gasteiger partial charge in [0.1, 0.15) is 19.2 Å². The first kappa shape index (κ1) is 22.9. The minimum Gasteiger partial charge on any atom is -0.454 e. The van der Waals surface area contributed by atoms with Gasteiger partial charge in [-0.2, -0.15) is 0 Å². The van der Waals surface area contributed by atoms with Gasteiger partial charge in [0.2, 0.25) is 5.95 Å². The van der Waals surface area contributed by atoms with Crippen LogP contribution in [0.4, 0.5) is 5.95 Å². The number of hydrogen-bond acceptors (Lipinski definition) is 7. The summed E-state index contributed by atoms with van der Waals surface area (Å²) in [5.74, 6) is -0.352. The van der Waals surface area contributed by atoms with Crippen LogP contribution in [0.1, 0.15) is 44.1 Å². The van der Waals surface area contributed by atoms with Crippen LogP contribution in [0.3, 0.4) is 0 Å². The highest BCUT2D eigenvalue weighted by molar-refractivity contribution is 5.89. The zero-order chi connectivity index (χ0) is 23.6. The highest BCUT2D eigenvalue weighted by Gasteiger charge is 2.53. The highest BCUT2D eigenvalue weighted by Crippen LogP contribution is 2.43. The lowest BCUT2D eigenvalue weighted by atomic mass is 9.79. The van der Waals surface area contributed by atoms with Crippen LogP contribution in [0.5, 0.6) is 0 Å². The molecule has 4 aliphatic rings. The Morgan fingerprint density at radius 2 is 1.74 bits per heavy atom. The van der Waals surface area contributed by atoms with E-state index in [2.05, 4.69) is 20.3 Å². The van der Waals surface area contributed by atoms with Crippen LogP contribution < -0.4 is 5.32 Å². The molecule has 2 atom stereocenters. The minimum absolute atomic E-state index is 0.141. The van der Waals surface area contributed by atoms with Gasteiger partial charge in [0.25, 0.3) is 5.91 Å². The van der Waals surface area contributed by atoms with Gasteiger partial charge in [-0.25, -0.2) is 19.7 Å². The van der Waals surface area contributed by atoms with Gasteiger partial charge in [0.15, 0.2) is 18.2 Å². The van der Waals surface area contributed by atoms with E-state index in [-0.39, 0.29) is 36.3 Å². The van der Waals surface area contributed by atoms with Crippen LogP contribution in [-0.2, 0) is 19.9 Å². The van der Waals surface area contributed by atoms with Gasteiger partial charge in [-0.1, -0.05) is 43.2 Å². The minimum atomic E-state index is -1.63. The predicted octanol–water partition coefficient (Wildman–Crippen LogP) is 2.04. The van der Waals surface area contributed by atoms with Gasteiger partial charge >= 0.3 is 5.97 Å². The second kappa shape index (κ2) is 9.38. The lowest BCUT2D eigenvalue weighted by molar-refractivity contribution is -0.939. The summed E-state index contributed by atoms with van der Waals surface area (Å²) >= 11 is 0. The first-order valence-electron chi connectivity index (χ1n) is 12.2. The Morgan fingerprint density at radius 3 is 2.41 bits per heavy atom. The lowest BCUT2D eigenvalue weighted by Crippen LogP contribution is -2.66. The SMILES string of the molecule is O=C(C[N+]12CCC(CC1)[C@@H](OC(=O)C(O)(c1ccccc1)C1CCCC1)C2)Nc1ncncn1. The number of ether oxygens (including phenoxy) is 1. The number of quaternary nitrogens is 1. The number of carbonyl (C=O) groups is 2. The van der Waals surface area contributed by atoms with Crippen molar-refractivity contribution in [3.63, 3.8) is 0 Å². The van der Waals surface area contributed by atoms with Crippen LogP contribution in [0.25, 0.3) is 0 Å². The van der Waals surface area contributed by atoms with Crippen molar-refractivity contribution in [2.45, 2.75) is 50.2 Å². The molecule has 2 aromatic rings. The summed E-state index contributed by atoms with van der Waals surface area (Å²) in [6, 6.07) is 9.21. The molecule has 34 heavy (non-hydrogen) atoms. The molecule has 1 saturated carbocycles. The summed E-state index contributed by atoms with van der Waals surface area (Å²) in [6.07, 6.45) is 7.80. The molecule has 9 heteroatoms. The van der Waals surface area contributed by atoms with Gasteiger partial charge in [-0.15, -0.1) is 0 Å². The zero-order valence-electron chi connectivity index (χ0n) is 19.3. The largest absolute Gasteiger partial charge is 0.454 e. The Labute approximate surface area is 199 Å². The Bertz CT molecular complexity index is 1010. The predicted molar refractivity (Wildman–Crippen MR) is 123 cm³/mol. The number of aliphatic hydroxyl groups is 1. The van der Waals surface area contributed by atoms with Gasteiger partial charge in [0.05, 0.1) is 13.1 Å². The molecule has 6 rings (SSSR count). The third kappa shape index (κ3) is 4.42. The topological polar surface area (TPSA) is 114 Å². The van der Waals surface area contributed by atoms with E-state index in [0.717, 1.165) is 51.6 Å². The maximum Gasteiger partial charge on any atom is 0.343 e. The fourth-order valence-electron chi connectivity index (χ4n) is 6.13. The van der Waals surface area contributed by atoms with E-state index in [4.69, 9.17) is 4.74 Å². The molecular weight excluding hydrogens is 434 g/mol. The monoisotopic (exact) mass is 466 g/mol. The van der Waals surface area contributed by atoms with E-state index in [0.29, 0.717) is 16.6 Å². The Balaban J connectivity index is 1.30. The Morgan fingerprint density at radius 1 is 1.06 bits per heavy atom. The molecule has 1 unspecified atom stereocenters. The van der Waals surface area contributed by atoms with Crippen molar-refractivity contribution in [2.75, 3.05) is 31.5 Å². The molecule has 4 heterocycles. The summed E-state index contributed by atoms with van der Waals surface area (Å²) < 4.78 is 6.68. The van der Waals surface area contributed by atoms with Crippen molar-refractivity contribution < 1.29 is 23.9 Å². The number of carbonyl (C=O) groups excluding carboxylic acids is 2. The number of hydrogen-bond donors (Lipinski definition) is 2. The smallest absolute Gasteiger partial charge is 0.343 e. The number of aromatic nitrogens is 3. The molecular formula is C25H32N5O4+. The second-order valence-electron chi connectivity index (χ2n) is 10.0. The number of benzene rings is 1. The molecule has 9 nitrogen and oxygen atoms in total. The van der Waals surface area contributed by atoms with Gasteiger partial charge in [-0.05, 0) is 18.4 Å². The van der Waals surface area contributed by atoms with Crippen molar-refractivity contribution in [3.05, 3.63) is 48.5 Å². The zero-order valence-corrected chi connectivity index (χ0v) is 19.3. The maximum absolute atomic E-state index is 13.6. The van der Waals surface area contributed by atoms with Crippen molar-refractivity contribution in [2.24, 2.45) is 11.8 Å². The summed E-state index contributed by atoms with van der Waals surface area (Å²) in [7, 11) is 0.